The molecule has 0 aliphatic carbocycles. The standard InChI is InChI=1S/C27H31N3O4/c1-16-12-22(21-8-6-7-9-23(21)28-16)26(31)29-20-13-24(27(32)34-5)30(15-20)14-19-10-11-25(33-4)18(3)17(19)2/h6-12,20,24H,13-15H2,1-5H3,(H,29,31)/t20-,24+/m1/s1. The Bertz CT molecular complexity index is 1240. The van der Waals surface area contributed by atoms with E-state index in [2.05, 4.69) is 22.1 Å². The number of rotatable bonds is 6. The Balaban J connectivity index is 1.55. The van der Waals surface area contributed by atoms with Crippen molar-refractivity contribution in [3.8, 4) is 5.75 Å². The summed E-state index contributed by atoms with van der Waals surface area (Å²) in [6.45, 7) is 7.11. The van der Waals surface area contributed by atoms with Crippen molar-refractivity contribution >= 4 is 22.8 Å². The number of likely N-dealkylation sites (tertiary alicyclic amines) is 1. The lowest BCUT2D eigenvalue weighted by molar-refractivity contribution is -0.146. The van der Waals surface area contributed by atoms with E-state index in [1.165, 1.54) is 7.11 Å². The fraction of sp³-hybridized carbons (Fsp3) is 0.370. The molecular weight excluding hydrogens is 430 g/mol. The van der Waals surface area contributed by atoms with Crippen LogP contribution in [0.1, 0.15) is 39.2 Å². The number of benzene rings is 2. The molecule has 1 saturated heterocycles. The van der Waals surface area contributed by atoms with E-state index >= 15 is 0 Å². The molecule has 178 valence electrons. The van der Waals surface area contributed by atoms with Gasteiger partial charge in [0.05, 0.1) is 25.3 Å². The predicted molar refractivity (Wildman–Crippen MR) is 131 cm³/mol. The summed E-state index contributed by atoms with van der Waals surface area (Å²) >= 11 is 0. The molecule has 0 unspecified atom stereocenters. The van der Waals surface area contributed by atoms with Crippen molar-refractivity contribution in [3.63, 3.8) is 0 Å². The van der Waals surface area contributed by atoms with Crippen molar-refractivity contribution in [1.82, 2.24) is 15.2 Å². The average molecular weight is 462 g/mol. The van der Waals surface area contributed by atoms with E-state index in [1.54, 1.807) is 7.11 Å². The maximum Gasteiger partial charge on any atom is 0.323 e. The van der Waals surface area contributed by atoms with Crippen molar-refractivity contribution < 1.29 is 19.1 Å². The molecule has 1 fully saturated rings. The summed E-state index contributed by atoms with van der Waals surface area (Å²) in [6.07, 6.45) is 0.495. The van der Waals surface area contributed by atoms with Crippen LogP contribution in [0, 0.1) is 20.8 Å². The fourth-order valence-electron chi connectivity index (χ4n) is 4.79. The monoisotopic (exact) mass is 461 g/mol. The highest BCUT2D eigenvalue weighted by Crippen LogP contribution is 2.28. The molecule has 1 amide bonds. The smallest absolute Gasteiger partial charge is 0.323 e. The van der Waals surface area contributed by atoms with Gasteiger partial charge in [0.25, 0.3) is 5.91 Å². The maximum atomic E-state index is 13.3. The van der Waals surface area contributed by atoms with Crippen molar-refractivity contribution in [2.24, 2.45) is 0 Å². The lowest BCUT2D eigenvalue weighted by Crippen LogP contribution is -2.38. The molecule has 2 heterocycles. The quantitative estimate of drug-likeness (QED) is 0.564. The van der Waals surface area contributed by atoms with Gasteiger partial charge in [-0.25, -0.2) is 0 Å². The van der Waals surface area contributed by atoms with Crippen LogP contribution < -0.4 is 10.1 Å². The second-order valence-electron chi connectivity index (χ2n) is 8.88. The minimum absolute atomic E-state index is 0.159. The van der Waals surface area contributed by atoms with Gasteiger partial charge in [-0.2, -0.15) is 0 Å². The first-order chi connectivity index (χ1) is 16.3. The van der Waals surface area contributed by atoms with Gasteiger partial charge in [0.15, 0.2) is 0 Å². The van der Waals surface area contributed by atoms with Crippen LogP contribution >= 0.6 is 0 Å². The minimum Gasteiger partial charge on any atom is -0.496 e. The van der Waals surface area contributed by atoms with Crippen LogP contribution in [0.4, 0.5) is 0 Å². The molecule has 7 heteroatoms. The number of para-hydroxylation sites is 1. The van der Waals surface area contributed by atoms with E-state index in [0.717, 1.165) is 39.0 Å². The first-order valence-corrected chi connectivity index (χ1v) is 11.4. The molecule has 1 aromatic heterocycles. The summed E-state index contributed by atoms with van der Waals surface area (Å²) in [5.41, 5.74) is 5.51. The summed E-state index contributed by atoms with van der Waals surface area (Å²) < 4.78 is 10.5. The molecule has 7 nitrogen and oxygen atoms in total. The number of amides is 1. The Morgan fingerprint density at radius 3 is 2.59 bits per heavy atom. The first-order valence-electron chi connectivity index (χ1n) is 11.4. The van der Waals surface area contributed by atoms with Gasteiger partial charge in [-0.1, -0.05) is 24.3 Å². The van der Waals surface area contributed by atoms with E-state index in [-0.39, 0.29) is 17.9 Å². The topological polar surface area (TPSA) is 80.8 Å². The Hall–Kier alpha value is -3.45. The maximum absolute atomic E-state index is 13.3. The van der Waals surface area contributed by atoms with Gasteiger partial charge in [0, 0.05) is 30.2 Å². The van der Waals surface area contributed by atoms with Gasteiger partial charge in [0.1, 0.15) is 11.8 Å². The third-order valence-electron chi connectivity index (χ3n) is 6.74. The van der Waals surface area contributed by atoms with Gasteiger partial charge < -0.3 is 14.8 Å². The molecule has 34 heavy (non-hydrogen) atoms. The van der Waals surface area contributed by atoms with Crippen molar-refractivity contribution in [3.05, 3.63) is 70.4 Å². The Morgan fingerprint density at radius 2 is 1.85 bits per heavy atom. The lowest BCUT2D eigenvalue weighted by Gasteiger charge is -2.24. The van der Waals surface area contributed by atoms with Crippen molar-refractivity contribution in [2.75, 3.05) is 20.8 Å². The number of nitrogens with zero attached hydrogens (tertiary/aromatic N) is 2. The number of ether oxygens (including phenoxy) is 2. The van der Waals surface area contributed by atoms with Crippen LogP contribution in [0.25, 0.3) is 10.9 Å². The zero-order valence-corrected chi connectivity index (χ0v) is 20.3. The summed E-state index contributed by atoms with van der Waals surface area (Å²) in [6, 6.07) is 12.8. The van der Waals surface area contributed by atoms with Gasteiger partial charge in [0.2, 0.25) is 0 Å². The SMILES string of the molecule is COC(=O)[C@@H]1C[C@@H](NC(=O)c2cc(C)nc3ccccc23)CN1Cc1ccc(OC)c(C)c1C. The third kappa shape index (κ3) is 4.61. The molecule has 1 aliphatic heterocycles. The molecule has 3 aromatic rings. The van der Waals surface area contributed by atoms with Crippen LogP contribution in [-0.2, 0) is 16.1 Å². The van der Waals surface area contributed by atoms with E-state index in [9.17, 15) is 9.59 Å². The zero-order valence-electron chi connectivity index (χ0n) is 20.3. The molecule has 2 atom stereocenters. The average Bonchev–Trinajstić information content (AvgIpc) is 3.23. The molecule has 2 aromatic carbocycles. The molecule has 4 rings (SSSR count). The second-order valence-corrected chi connectivity index (χ2v) is 8.88. The fourth-order valence-corrected chi connectivity index (χ4v) is 4.79. The number of aromatic nitrogens is 1. The summed E-state index contributed by atoms with van der Waals surface area (Å²) in [4.78, 5) is 32.5. The summed E-state index contributed by atoms with van der Waals surface area (Å²) in [5.74, 6) is 0.399. The molecule has 0 bridgehead atoms. The van der Waals surface area contributed by atoms with Crippen LogP contribution in [0.3, 0.4) is 0 Å². The molecule has 0 spiro atoms. The summed E-state index contributed by atoms with van der Waals surface area (Å²) in [5, 5.41) is 3.96. The number of esters is 1. The number of hydrogen-bond acceptors (Lipinski definition) is 6. The highest BCUT2D eigenvalue weighted by Gasteiger charge is 2.38. The Kier molecular flexibility index (Phi) is 6.84. The van der Waals surface area contributed by atoms with Crippen molar-refractivity contribution in [2.45, 2.75) is 45.8 Å². The third-order valence-corrected chi connectivity index (χ3v) is 6.74. The molecule has 1 N–H and O–H groups in total. The Labute approximate surface area is 200 Å². The molecule has 0 radical (unpaired) electrons. The van der Waals surface area contributed by atoms with Crippen molar-refractivity contribution in [1.29, 1.82) is 0 Å². The molecule has 0 saturated carbocycles. The van der Waals surface area contributed by atoms with Gasteiger partial charge in [-0.3, -0.25) is 19.5 Å². The van der Waals surface area contributed by atoms with Crippen LogP contribution in [0.5, 0.6) is 5.75 Å². The minimum atomic E-state index is -0.423. The normalized spacial score (nSPS) is 18.1. The largest absolute Gasteiger partial charge is 0.496 e. The number of fused-ring (bicyclic) bond motifs is 1. The molecular formula is C27H31N3O4. The predicted octanol–water partition coefficient (Wildman–Crippen LogP) is 3.71. The number of hydrogen-bond donors (Lipinski definition) is 1. The van der Waals surface area contributed by atoms with Gasteiger partial charge >= 0.3 is 5.97 Å². The van der Waals surface area contributed by atoms with E-state index in [1.807, 2.05) is 56.3 Å². The number of methoxy groups -OCH3 is 2. The number of nitrogens with one attached hydrogen (secondary N) is 1. The lowest BCUT2D eigenvalue weighted by atomic mass is 10.0. The zero-order chi connectivity index (χ0) is 24.4. The highest BCUT2D eigenvalue weighted by molar-refractivity contribution is 6.06. The van der Waals surface area contributed by atoms with E-state index < -0.39 is 6.04 Å². The number of pyridine rings is 1. The first kappa shape index (κ1) is 23.7. The molecule has 1 aliphatic rings. The van der Waals surface area contributed by atoms with E-state index in [4.69, 9.17) is 9.47 Å². The van der Waals surface area contributed by atoms with Crippen LogP contribution in [0.15, 0.2) is 42.5 Å². The van der Waals surface area contributed by atoms with Gasteiger partial charge in [-0.15, -0.1) is 0 Å². The van der Waals surface area contributed by atoms with Gasteiger partial charge in [-0.05, 0) is 62.1 Å². The number of carbonyl (C=O) groups excluding carboxylic acids is 2. The highest BCUT2D eigenvalue weighted by atomic mass is 16.5. The van der Waals surface area contributed by atoms with Crippen LogP contribution in [0.2, 0.25) is 0 Å². The summed E-state index contributed by atoms with van der Waals surface area (Å²) in [7, 11) is 3.07. The van der Waals surface area contributed by atoms with Crippen LogP contribution in [-0.4, -0.2) is 54.6 Å². The Morgan fingerprint density at radius 1 is 1.09 bits per heavy atom. The number of aryl methyl sites for hydroxylation is 1. The number of carbonyl (C=O) groups is 2. The second kappa shape index (κ2) is 9.81. The van der Waals surface area contributed by atoms with E-state index in [0.29, 0.717) is 25.1 Å².